The van der Waals surface area contributed by atoms with Crippen molar-refractivity contribution < 1.29 is 5.11 Å². The molecule has 0 amide bonds. The van der Waals surface area contributed by atoms with E-state index in [4.69, 9.17) is 0 Å². The highest BCUT2D eigenvalue weighted by Crippen LogP contribution is 2.42. The number of hydrogen-bond acceptors (Lipinski definition) is 2. The average Bonchev–Trinajstić information content (AvgIpc) is 2.55. The largest absolute Gasteiger partial charge is 0.386 e. The number of likely N-dealkylation sites (tertiary alicyclic amines) is 1. The van der Waals surface area contributed by atoms with Crippen LogP contribution >= 0.6 is 0 Å². The second kappa shape index (κ2) is 6.34. The Morgan fingerprint density at radius 2 is 1.58 bits per heavy atom. The van der Waals surface area contributed by atoms with Crippen molar-refractivity contribution in [2.24, 2.45) is 0 Å². The fourth-order valence-electron chi connectivity index (χ4n) is 3.88. The zero-order valence-electron chi connectivity index (χ0n) is 15.3. The Morgan fingerprint density at radius 3 is 2.12 bits per heavy atom. The minimum absolute atomic E-state index is 0.0800. The lowest BCUT2D eigenvalue weighted by molar-refractivity contribution is 0.0785. The van der Waals surface area contributed by atoms with Crippen molar-refractivity contribution >= 4 is 0 Å². The van der Waals surface area contributed by atoms with E-state index >= 15 is 0 Å². The maximum atomic E-state index is 10.2. The van der Waals surface area contributed by atoms with E-state index in [-0.39, 0.29) is 5.41 Å². The van der Waals surface area contributed by atoms with E-state index in [0.717, 1.165) is 31.5 Å². The number of piperidine rings is 1. The van der Waals surface area contributed by atoms with Crippen LogP contribution in [0.3, 0.4) is 0 Å². The molecule has 1 saturated heterocycles. The van der Waals surface area contributed by atoms with Gasteiger partial charge in [0.1, 0.15) is 0 Å². The lowest BCUT2D eigenvalue weighted by Gasteiger charge is -2.42. The predicted molar refractivity (Wildman–Crippen MR) is 100 cm³/mol. The van der Waals surface area contributed by atoms with E-state index in [0.29, 0.717) is 0 Å². The summed E-state index contributed by atoms with van der Waals surface area (Å²) in [5, 5.41) is 10.2. The van der Waals surface area contributed by atoms with Gasteiger partial charge in [-0.1, -0.05) is 54.1 Å². The fourth-order valence-corrected chi connectivity index (χ4v) is 3.88. The Labute approximate surface area is 146 Å². The van der Waals surface area contributed by atoms with Crippen molar-refractivity contribution in [2.45, 2.75) is 44.6 Å². The van der Waals surface area contributed by atoms with Gasteiger partial charge in [0.15, 0.2) is 0 Å². The SMILES string of the molecule is Cc1cccc(C2(c3ccc(C(C)(C)O)cc3)CCN(C)CC2)c1. The van der Waals surface area contributed by atoms with Crippen LogP contribution in [0.4, 0.5) is 0 Å². The van der Waals surface area contributed by atoms with Crippen LogP contribution < -0.4 is 0 Å². The molecule has 2 aromatic rings. The quantitative estimate of drug-likeness (QED) is 0.913. The number of rotatable bonds is 3. The first-order chi connectivity index (χ1) is 11.3. The van der Waals surface area contributed by atoms with Crippen LogP contribution in [0.1, 0.15) is 48.9 Å². The molecule has 24 heavy (non-hydrogen) atoms. The van der Waals surface area contributed by atoms with Gasteiger partial charge >= 0.3 is 0 Å². The molecule has 1 aliphatic rings. The van der Waals surface area contributed by atoms with Crippen molar-refractivity contribution in [3.63, 3.8) is 0 Å². The Balaban J connectivity index is 2.05. The van der Waals surface area contributed by atoms with Gasteiger partial charge in [-0.3, -0.25) is 0 Å². The van der Waals surface area contributed by atoms with E-state index < -0.39 is 5.60 Å². The number of aliphatic hydroxyl groups is 1. The molecule has 0 spiro atoms. The summed E-state index contributed by atoms with van der Waals surface area (Å²) in [4.78, 5) is 2.42. The summed E-state index contributed by atoms with van der Waals surface area (Å²) in [7, 11) is 2.21. The standard InChI is InChI=1S/C22H29NO/c1-17-6-5-7-20(16-17)22(12-14-23(4)15-13-22)19-10-8-18(9-11-19)21(2,3)24/h5-11,16,24H,12-15H2,1-4H3. The van der Waals surface area contributed by atoms with Gasteiger partial charge in [-0.15, -0.1) is 0 Å². The molecule has 0 aromatic heterocycles. The summed E-state index contributed by atoms with van der Waals surface area (Å²) < 4.78 is 0. The van der Waals surface area contributed by atoms with Crippen molar-refractivity contribution in [3.05, 3.63) is 70.8 Å². The van der Waals surface area contributed by atoms with E-state index in [1.165, 1.54) is 16.7 Å². The third kappa shape index (κ3) is 3.26. The molecule has 1 N–H and O–H groups in total. The zero-order chi connectivity index (χ0) is 17.4. The van der Waals surface area contributed by atoms with Crippen LogP contribution in [0.5, 0.6) is 0 Å². The molecule has 0 radical (unpaired) electrons. The summed E-state index contributed by atoms with van der Waals surface area (Å²) in [6, 6.07) is 17.6. The Kier molecular flexibility index (Phi) is 4.54. The molecule has 3 rings (SSSR count). The molecule has 1 heterocycles. The van der Waals surface area contributed by atoms with Crippen LogP contribution in [0.15, 0.2) is 48.5 Å². The molecule has 0 unspecified atom stereocenters. The summed E-state index contributed by atoms with van der Waals surface area (Å²) in [6.45, 7) is 8.08. The molecule has 2 nitrogen and oxygen atoms in total. The van der Waals surface area contributed by atoms with Gasteiger partial charge in [0.25, 0.3) is 0 Å². The van der Waals surface area contributed by atoms with Crippen LogP contribution in [0, 0.1) is 6.92 Å². The Hall–Kier alpha value is -1.64. The van der Waals surface area contributed by atoms with Crippen LogP contribution in [0.2, 0.25) is 0 Å². The first kappa shape index (κ1) is 17.2. The molecule has 2 aromatic carbocycles. The lowest BCUT2D eigenvalue weighted by atomic mass is 9.67. The topological polar surface area (TPSA) is 23.5 Å². The van der Waals surface area contributed by atoms with Gasteiger partial charge in [-0.25, -0.2) is 0 Å². The van der Waals surface area contributed by atoms with E-state index in [2.05, 4.69) is 67.4 Å². The van der Waals surface area contributed by atoms with Gasteiger partial charge in [0.2, 0.25) is 0 Å². The highest BCUT2D eigenvalue weighted by Gasteiger charge is 2.37. The van der Waals surface area contributed by atoms with Gasteiger partial charge in [-0.05, 0) is 70.4 Å². The summed E-state index contributed by atoms with van der Waals surface area (Å²) >= 11 is 0. The van der Waals surface area contributed by atoms with E-state index in [1.54, 1.807) is 0 Å². The van der Waals surface area contributed by atoms with Gasteiger partial charge in [0.05, 0.1) is 5.60 Å². The summed E-state index contributed by atoms with van der Waals surface area (Å²) in [5.41, 5.74) is 4.37. The Bertz CT molecular complexity index is 689. The zero-order valence-corrected chi connectivity index (χ0v) is 15.3. The van der Waals surface area contributed by atoms with Gasteiger partial charge in [-0.2, -0.15) is 0 Å². The van der Waals surface area contributed by atoms with Crippen molar-refractivity contribution in [2.75, 3.05) is 20.1 Å². The minimum Gasteiger partial charge on any atom is -0.386 e. The van der Waals surface area contributed by atoms with Crippen LogP contribution in [-0.4, -0.2) is 30.1 Å². The molecule has 1 aliphatic heterocycles. The molecule has 0 saturated carbocycles. The lowest BCUT2D eigenvalue weighted by Crippen LogP contribution is -2.41. The first-order valence-corrected chi connectivity index (χ1v) is 8.90. The molecule has 1 fully saturated rings. The maximum Gasteiger partial charge on any atom is 0.0840 e. The number of benzene rings is 2. The molecule has 2 heteroatoms. The Morgan fingerprint density at radius 1 is 0.958 bits per heavy atom. The van der Waals surface area contributed by atoms with E-state index in [1.807, 2.05) is 13.8 Å². The first-order valence-electron chi connectivity index (χ1n) is 8.90. The van der Waals surface area contributed by atoms with Gasteiger partial charge < -0.3 is 10.0 Å². The molecule has 0 bridgehead atoms. The maximum absolute atomic E-state index is 10.2. The second-order valence-electron chi connectivity index (χ2n) is 7.89. The minimum atomic E-state index is -0.790. The monoisotopic (exact) mass is 323 g/mol. The average molecular weight is 323 g/mol. The van der Waals surface area contributed by atoms with Crippen molar-refractivity contribution in [3.8, 4) is 0 Å². The number of aryl methyl sites for hydroxylation is 1. The smallest absolute Gasteiger partial charge is 0.0840 e. The molecule has 128 valence electrons. The molecule has 0 atom stereocenters. The van der Waals surface area contributed by atoms with Crippen molar-refractivity contribution in [1.29, 1.82) is 0 Å². The van der Waals surface area contributed by atoms with Crippen LogP contribution in [0.25, 0.3) is 0 Å². The van der Waals surface area contributed by atoms with Gasteiger partial charge in [0, 0.05) is 5.41 Å². The summed E-state index contributed by atoms with van der Waals surface area (Å²) in [5.74, 6) is 0. The predicted octanol–water partition coefficient (Wildman–Crippen LogP) is 4.23. The van der Waals surface area contributed by atoms with E-state index in [9.17, 15) is 5.11 Å². The molecular weight excluding hydrogens is 294 g/mol. The molecular formula is C22H29NO. The number of nitrogens with zero attached hydrogens (tertiary/aromatic N) is 1. The number of hydrogen-bond donors (Lipinski definition) is 1. The highest BCUT2D eigenvalue weighted by molar-refractivity contribution is 5.43. The summed E-state index contributed by atoms with van der Waals surface area (Å²) in [6.07, 6.45) is 2.27. The highest BCUT2D eigenvalue weighted by atomic mass is 16.3. The van der Waals surface area contributed by atoms with Crippen molar-refractivity contribution in [1.82, 2.24) is 4.90 Å². The molecule has 0 aliphatic carbocycles. The third-order valence-electron chi connectivity index (χ3n) is 5.56. The second-order valence-corrected chi connectivity index (χ2v) is 7.89. The normalized spacial score (nSPS) is 18.5. The third-order valence-corrected chi connectivity index (χ3v) is 5.56. The van der Waals surface area contributed by atoms with Crippen LogP contribution in [-0.2, 0) is 11.0 Å². The fraction of sp³-hybridized carbons (Fsp3) is 0.455.